The molecule has 1 N–H and O–H groups in total. The summed E-state index contributed by atoms with van der Waals surface area (Å²) in [5, 5.41) is 20.4. The van der Waals surface area contributed by atoms with Gasteiger partial charge in [-0.05, 0) is 25.3 Å². The van der Waals surface area contributed by atoms with Crippen molar-refractivity contribution in [1.82, 2.24) is 13.6 Å². The average molecular weight is 336 g/mol. The molecule has 120 valence electrons. The molecule has 0 spiro atoms. The van der Waals surface area contributed by atoms with Crippen LogP contribution in [0.3, 0.4) is 0 Å². The third-order valence-electron chi connectivity index (χ3n) is 3.83. The number of carboxylic acid groups (broad SMARTS) is 1. The molecule has 2 heterocycles. The Labute approximate surface area is 134 Å². The number of non-ortho nitro benzene ring substituents is 1. The number of benzene rings is 1. The lowest BCUT2D eigenvalue weighted by Gasteiger charge is -2.32. The van der Waals surface area contributed by atoms with E-state index in [-0.39, 0.29) is 22.3 Å². The Morgan fingerprint density at radius 2 is 2.13 bits per heavy atom. The van der Waals surface area contributed by atoms with Gasteiger partial charge in [-0.3, -0.25) is 14.9 Å². The van der Waals surface area contributed by atoms with Crippen LogP contribution in [0.4, 0.5) is 5.69 Å². The second-order valence-electron chi connectivity index (χ2n) is 5.23. The van der Waals surface area contributed by atoms with Gasteiger partial charge in [-0.1, -0.05) is 0 Å². The lowest BCUT2D eigenvalue weighted by molar-refractivity contribution is -0.383. The highest BCUT2D eigenvalue weighted by molar-refractivity contribution is 7.00. The van der Waals surface area contributed by atoms with E-state index in [1.54, 1.807) is 0 Å². The summed E-state index contributed by atoms with van der Waals surface area (Å²) in [5.74, 6) is -1.60. The predicted molar refractivity (Wildman–Crippen MR) is 80.4 cm³/mol. The van der Waals surface area contributed by atoms with E-state index < -0.39 is 22.8 Å². The minimum absolute atomic E-state index is 0.0602. The van der Waals surface area contributed by atoms with Gasteiger partial charge in [-0.25, -0.2) is 4.79 Å². The highest BCUT2D eigenvalue weighted by atomic mass is 32.1. The molecule has 1 aliphatic rings. The number of amides is 1. The normalized spacial score (nSPS) is 18.1. The van der Waals surface area contributed by atoms with Crippen molar-refractivity contribution < 1.29 is 19.6 Å². The molecular weight excluding hydrogens is 324 g/mol. The fraction of sp³-hybridized carbons (Fsp3) is 0.385. The molecule has 10 heteroatoms. The van der Waals surface area contributed by atoms with Gasteiger partial charge in [0.25, 0.3) is 11.6 Å². The number of nitro benzene ring substituents is 1. The molecule has 1 saturated heterocycles. The number of nitro groups is 1. The minimum atomic E-state index is -1.07. The number of aromatic nitrogens is 2. The van der Waals surface area contributed by atoms with Crippen LogP contribution >= 0.6 is 11.7 Å². The SMILES string of the molecule is O=C(O)C1CCCCN1C(=O)c1cc([N+](=O)[O-])c2nsnc2c1. The first-order chi connectivity index (χ1) is 11.0. The van der Waals surface area contributed by atoms with Gasteiger partial charge in [0.1, 0.15) is 11.6 Å². The third-order valence-corrected chi connectivity index (χ3v) is 4.38. The maximum absolute atomic E-state index is 12.7. The van der Waals surface area contributed by atoms with Gasteiger partial charge in [-0.15, -0.1) is 0 Å². The molecule has 1 fully saturated rings. The zero-order valence-corrected chi connectivity index (χ0v) is 12.7. The van der Waals surface area contributed by atoms with Crippen LogP contribution in [-0.2, 0) is 4.79 Å². The second-order valence-corrected chi connectivity index (χ2v) is 5.76. The highest BCUT2D eigenvalue weighted by Gasteiger charge is 2.33. The number of carbonyl (C=O) groups excluding carboxylic acids is 1. The van der Waals surface area contributed by atoms with E-state index in [9.17, 15) is 24.8 Å². The first-order valence-corrected chi connectivity index (χ1v) is 7.66. The van der Waals surface area contributed by atoms with Gasteiger partial charge in [0.05, 0.1) is 16.7 Å². The van der Waals surface area contributed by atoms with Crippen LogP contribution in [0.15, 0.2) is 12.1 Å². The molecule has 1 unspecified atom stereocenters. The van der Waals surface area contributed by atoms with Gasteiger partial charge < -0.3 is 10.0 Å². The van der Waals surface area contributed by atoms with Crippen LogP contribution in [0.5, 0.6) is 0 Å². The summed E-state index contributed by atoms with van der Waals surface area (Å²) in [7, 11) is 0. The number of rotatable bonds is 3. The number of aliphatic carboxylic acids is 1. The van der Waals surface area contributed by atoms with Crippen molar-refractivity contribution in [2.45, 2.75) is 25.3 Å². The lowest BCUT2D eigenvalue weighted by atomic mass is 10.0. The Morgan fingerprint density at radius 1 is 1.35 bits per heavy atom. The van der Waals surface area contributed by atoms with E-state index >= 15 is 0 Å². The molecule has 1 aromatic carbocycles. The van der Waals surface area contributed by atoms with Gasteiger partial charge in [0, 0.05) is 18.2 Å². The standard InChI is InChI=1S/C13H12N4O5S/c18-12(16-4-2-1-3-9(16)13(19)20)7-5-8-11(15-23-14-8)10(6-7)17(21)22/h5-6,9H,1-4H2,(H,19,20). The summed E-state index contributed by atoms with van der Waals surface area (Å²) >= 11 is 0.822. The third kappa shape index (κ3) is 2.72. The Kier molecular flexibility index (Phi) is 3.90. The van der Waals surface area contributed by atoms with E-state index in [0.717, 1.165) is 24.2 Å². The van der Waals surface area contributed by atoms with Crippen molar-refractivity contribution >= 4 is 40.3 Å². The largest absolute Gasteiger partial charge is 0.480 e. The van der Waals surface area contributed by atoms with Crippen LogP contribution in [0.1, 0.15) is 29.6 Å². The molecule has 1 amide bonds. The summed E-state index contributed by atoms with van der Waals surface area (Å²) in [5.41, 5.74) is 0.148. The van der Waals surface area contributed by atoms with Crippen molar-refractivity contribution in [3.63, 3.8) is 0 Å². The summed E-state index contributed by atoms with van der Waals surface area (Å²) in [6.45, 7) is 0.316. The quantitative estimate of drug-likeness (QED) is 0.667. The van der Waals surface area contributed by atoms with Crippen LogP contribution in [-0.4, -0.2) is 48.1 Å². The minimum Gasteiger partial charge on any atom is -0.480 e. The zero-order valence-electron chi connectivity index (χ0n) is 11.8. The summed E-state index contributed by atoms with van der Waals surface area (Å²) in [4.78, 5) is 35.8. The number of piperidine rings is 1. The fourth-order valence-corrected chi connectivity index (χ4v) is 3.27. The smallest absolute Gasteiger partial charge is 0.326 e. The number of likely N-dealkylation sites (tertiary alicyclic amines) is 1. The number of hydrogen-bond donors (Lipinski definition) is 1. The molecule has 0 radical (unpaired) electrons. The fourth-order valence-electron chi connectivity index (χ4n) is 2.73. The molecule has 3 rings (SSSR count). The Morgan fingerprint density at radius 3 is 2.83 bits per heavy atom. The molecule has 1 aliphatic heterocycles. The van der Waals surface area contributed by atoms with E-state index in [1.807, 2.05) is 0 Å². The Balaban J connectivity index is 2.03. The number of hydrogen-bond acceptors (Lipinski definition) is 7. The molecule has 23 heavy (non-hydrogen) atoms. The molecule has 0 aliphatic carbocycles. The van der Waals surface area contributed by atoms with Crippen molar-refractivity contribution in [3.05, 3.63) is 27.8 Å². The van der Waals surface area contributed by atoms with Crippen LogP contribution in [0, 0.1) is 10.1 Å². The number of carbonyl (C=O) groups is 2. The highest BCUT2D eigenvalue weighted by Crippen LogP contribution is 2.28. The van der Waals surface area contributed by atoms with E-state index in [0.29, 0.717) is 19.4 Å². The molecule has 1 atom stereocenters. The first-order valence-electron chi connectivity index (χ1n) is 6.93. The predicted octanol–water partition coefficient (Wildman–Crippen LogP) is 1.68. The number of fused-ring (bicyclic) bond motifs is 1. The van der Waals surface area contributed by atoms with Crippen molar-refractivity contribution in [2.24, 2.45) is 0 Å². The van der Waals surface area contributed by atoms with Gasteiger partial charge in [0.15, 0.2) is 5.52 Å². The maximum Gasteiger partial charge on any atom is 0.326 e. The summed E-state index contributed by atoms with van der Waals surface area (Å²) in [6, 6.07) is 1.65. The zero-order chi connectivity index (χ0) is 16.6. The van der Waals surface area contributed by atoms with E-state index in [1.165, 1.54) is 11.0 Å². The van der Waals surface area contributed by atoms with Gasteiger partial charge in [-0.2, -0.15) is 8.75 Å². The summed E-state index contributed by atoms with van der Waals surface area (Å²) in [6.07, 6.45) is 1.82. The molecule has 0 bridgehead atoms. The van der Waals surface area contributed by atoms with Crippen molar-refractivity contribution in [1.29, 1.82) is 0 Å². The van der Waals surface area contributed by atoms with Gasteiger partial charge in [0.2, 0.25) is 0 Å². The first kappa shape index (κ1) is 15.3. The summed E-state index contributed by atoms with van der Waals surface area (Å²) < 4.78 is 7.81. The van der Waals surface area contributed by atoms with Crippen LogP contribution in [0.25, 0.3) is 11.0 Å². The topological polar surface area (TPSA) is 127 Å². The molecule has 0 saturated carbocycles. The van der Waals surface area contributed by atoms with Crippen LogP contribution in [0.2, 0.25) is 0 Å². The van der Waals surface area contributed by atoms with E-state index in [4.69, 9.17) is 0 Å². The lowest BCUT2D eigenvalue weighted by Crippen LogP contribution is -2.48. The van der Waals surface area contributed by atoms with Crippen molar-refractivity contribution in [2.75, 3.05) is 6.54 Å². The monoisotopic (exact) mass is 336 g/mol. The van der Waals surface area contributed by atoms with Crippen molar-refractivity contribution in [3.8, 4) is 0 Å². The molecule has 2 aromatic rings. The molecule has 9 nitrogen and oxygen atoms in total. The number of carboxylic acids is 1. The molecule has 1 aromatic heterocycles. The maximum atomic E-state index is 12.7. The van der Waals surface area contributed by atoms with Gasteiger partial charge >= 0.3 is 5.97 Å². The number of nitrogens with zero attached hydrogens (tertiary/aromatic N) is 4. The average Bonchev–Trinajstić information content (AvgIpc) is 3.01. The second kappa shape index (κ2) is 5.88. The Hall–Kier alpha value is -2.62. The van der Waals surface area contributed by atoms with Crippen LogP contribution < -0.4 is 0 Å². The van der Waals surface area contributed by atoms with E-state index in [2.05, 4.69) is 8.75 Å². The molecular formula is C13H12N4O5S. The Bertz CT molecular complexity index is 805.